The van der Waals surface area contributed by atoms with Gasteiger partial charge in [-0.1, -0.05) is 0 Å². The topological polar surface area (TPSA) is 64.4 Å². The van der Waals surface area contributed by atoms with E-state index in [2.05, 4.69) is 17.2 Å². The minimum absolute atomic E-state index is 0.139. The van der Waals surface area contributed by atoms with Gasteiger partial charge in [0.1, 0.15) is 0 Å². The largest absolute Gasteiger partial charge is 0.385 e. The van der Waals surface area contributed by atoms with E-state index in [0.29, 0.717) is 26.0 Å². The minimum atomic E-state index is -0.482. The molecule has 0 aliphatic heterocycles. The summed E-state index contributed by atoms with van der Waals surface area (Å²) in [6, 6.07) is -0.482. The molecule has 1 atom stereocenters. The lowest BCUT2D eigenvalue weighted by Crippen LogP contribution is -2.41. The molecule has 0 spiro atoms. The van der Waals surface area contributed by atoms with Gasteiger partial charge in [0.15, 0.2) is 0 Å². The minimum Gasteiger partial charge on any atom is -0.385 e. The van der Waals surface area contributed by atoms with Crippen LogP contribution in [0.1, 0.15) is 19.8 Å². The third-order valence-electron chi connectivity index (χ3n) is 1.70. The van der Waals surface area contributed by atoms with Crippen LogP contribution in [0.5, 0.6) is 0 Å². The molecule has 0 aliphatic carbocycles. The highest BCUT2D eigenvalue weighted by Gasteiger charge is 2.11. The van der Waals surface area contributed by atoms with Gasteiger partial charge in [-0.25, -0.2) is 0 Å². The summed E-state index contributed by atoms with van der Waals surface area (Å²) in [6.45, 7) is 2.83. The van der Waals surface area contributed by atoms with Crippen LogP contribution >= 0.6 is 0 Å². The summed E-state index contributed by atoms with van der Waals surface area (Å²) in [7, 11) is 1.58. The van der Waals surface area contributed by atoms with Crippen LogP contribution in [0.3, 0.4) is 0 Å². The molecule has 14 heavy (non-hydrogen) atoms. The lowest BCUT2D eigenvalue weighted by molar-refractivity contribution is -0.122. The standard InChI is InChI=1S/C10H18N2O2/c1-3-4-5-7-12-10(13)9(11)6-8-14-2/h9H,5-8,11H2,1-2H3,(H,12,13). The summed E-state index contributed by atoms with van der Waals surface area (Å²) >= 11 is 0. The first-order chi connectivity index (χ1) is 6.72. The summed E-state index contributed by atoms with van der Waals surface area (Å²) < 4.78 is 4.82. The molecule has 0 aliphatic rings. The third kappa shape index (κ3) is 6.46. The summed E-state index contributed by atoms with van der Waals surface area (Å²) in [5.74, 6) is 5.47. The second-order valence-electron chi connectivity index (χ2n) is 2.86. The van der Waals surface area contributed by atoms with E-state index in [1.807, 2.05) is 0 Å². The number of hydrogen-bond acceptors (Lipinski definition) is 3. The number of nitrogens with one attached hydrogen (secondary N) is 1. The zero-order chi connectivity index (χ0) is 10.8. The molecular weight excluding hydrogens is 180 g/mol. The van der Waals surface area contributed by atoms with Crippen molar-refractivity contribution in [3.05, 3.63) is 0 Å². The van der Waals surface area contributed by atoms with Gasteiger partial charge in [-0.15, -0.1) is 11.8 Å². The summed E-state index contributed by atoms with van der Waals surface area (Å²) in [6.07, 6.45) is 1.21. The maximum atomic E-state index is 11.3. The fourth-order valence-corrected chi connectivity index (χ4v) is 0.880. The normalized spacial score (nSPS) is 11.4. The van der Waals surface area contributed by atoms with Crippen molar-refractivity contribution in [2.75, 3.05) is 20.3 Å². The number of ether oxygens (including phenoxy) is 1. The van der Waals surface area contributed by atoms with Crippen LogP contribution in [0.4, 0.5) is 0 Å². The molecular formula is C10H18N2O2. The first-order valence-corrected chi connectivity index (χ1v) is 4.64. The Balaban J connectivity index is 3.54. The molecule has 0 aromatic carbocycles. The number of carbonyl (C=O) groups is 1. The number of rotatable bonds is 6. The number of carbonyl (C=O) groups excluding carboxylic acids is 1. The van der Waals surface area contributed by atoms with Crippen molar-refractivity contribution in [3.8, 4) is 11.8 Å². The van der Waals surface area contributed by atoms with Gasteiger partial charge in [0.2, 0.25) is 5.91 Å². The van der Waals surface area contributed by atoms with Gasteiger partial charge in [0.25, 0.3) is 0 Å². The molecule has 1 unspecified atom stereocenters. The van der Waals surface area contributed by atoms with Crippen molar-refractivity contribution in [3.63, 3.8) is 0 Å². The van der Waals surface area contributed by atoms with Crippen LogP contribution in [0.15, 0.2) is 0 Å². The van der Waals surface area contributed by atoms with Crippen molar-refractivity contribution >= 4 is 5.91 Å². The number of nitrogens with two attached hydrogens (primary N) is 1. The molecule has 0 fully saturated rings. The Bertz CT molecular complexity index is 218. The first kappa shape index (κ1) is 12.9. The van der Waals surface area contributed by atoms with E-state index in [-0.39, 0.29) is 5.91 Å². The Morgan fingerprint density at radius 1 is 1.64 bits per heavy atom. The molecule has 80 valence electrons. The van der Waals surface area contributed by atoms with E-state index in [1.54, 1.807) is 14.0 Å². The average Bonchev–Trinajstić information content (AvgIpc) is 2.20. The van der Waals surface area contributed by atoms with Crippen LogP contribution in [0.2, 0.25) is 0 Å². The fourth-order valence-electron chi connectivity index (χ4n) is 0.880. The number of amides is 1. The predicted molar refractivity (Wildman–Crippen MR) is 55.5 cm³/mol. The van der Waals surface area contributed by atoms with Gasteiger partial charge in [0.05, 0.1) is 6.04 Å². The van der Waals surface area contributed by atoms with E-state index < -0.39 is 6.04 Å². The van der Waals surface area contributed by atoms with Gasteiger partial charge in [-0.2, -0.15) is 0 Å². The van der Waals surface area contributed by atoms with Gasteiger partial charge >= 0.3 is 0 Å². The molecule has 0 heterocycles. The second-order valence-corrected chi connectivity index (χ2v) is 2.86. The monoisotopic (exact) mass is 198 g/mol. The van der Waals surface area contributed by atoms with Crippen LogP contribution in [0.25, 0.3) is 0 Å². The highest BCUT2D eigenvalue weighted by Crippen LogP contribution is 1.88. The highest BCUT2D eigenvalue weighted by atomic mass is 16.5. The lowest BCUT2D eigenvalue weighted by Gasteiger charge is -2.10. The van der Waals surface area contributed by atoms with Crippen molar-refractivity contribution in [2.45, 2.75) is 25.8 Å². The smallest absolute Gasteiger partial charge is 0.237 e. The highest BCUT2D eigenvalue weighted by molar-refractivity contribution is 5.81. The predicted octanol–water partition coefficient (Wildman–Crippen LogP) is -0.120. The van der Waals surface area contributed by atoms with Gasteiger partial charge in [-0.05, 0) is 13.3 Å². The van der Waals surface area contributed by atoms with Crippen molar-refractivity contribution in [2.24, 2.45) is 5.73 Å². The number of hydrogen-bond donors (Lipinski definition) is 2. The SMILES string of the molecule is CC#CCCNC(=O)C(N)CCOC. The Morgan fingerprint density at radius 2 is 2.36 bits per heavy atom. The second kappa shape index (κ2) is 8.54. The van der Waals surface area contributed by atoms with Crippen molar-refractivity contribution in [1.82, 2.24) is 5.32 Å². The lowest BCUT2D eigenvalue weighted by atomic mass is 10.2. The zero-order valence-corrected chi connectivity index (χ0v) is 8.80. The van der Waals surface area contributed by atoms with E-state index in [4.69, 9.17) is 10.5 Å². The maximum Gasteiger partial charge on any atom is 0.237 e. The molecule has 3 N–H and O–H groups in total. The average molecular weight is 198 g/mol. The van der Waals surface area contributed by atoms with Crippen molar-refractivity contribution in [1.29, 1.82) is 0 Å². The molecule has 0 bridgehead atoms. The van der Waals surface area contributed by atoms with E-state index in [1.165, 1.54) is 0 Å². The zero-order valence-electron chi connectivity index (χ0n) is 8.80. The Morgan fingerprint density at radius 3 is 2.93 bits per heavy atom. The van der Waals surface area contributed by atoms with Crippen LogP contribution < -0.4 is 11.1 Å². The molecule has 0 aromatic rings. The summed E-state index contributed by atoms with van der Waals surface area (Å²) in [5.41, 5.74) is 5.59. The molecule has 1 amide bonds. The van der Waals surface area contributed by atoms with Gasteiger partial charge in [-0.3, -0.25) is 4.79 Å². The quantitative estimate of drug-likeness (QED) is 0.462. The third-order valence-corrected chi connectivity index (χ3v) is 1.70. The van der Waals surface area contributed by atoms with Crippen LogP contribution in [-0.2, 0) is 9.53 Å². The molecule has 0 radical (unpaired) electrons. The van der Waals surface area contributed by atoms with Gasteiger partial charge < -0.3 is 15.8 Å². The fraction of sp³-hybridized carbons (Fsp3) is 0.700. The van der Waals surface area contributed by atoms with Crippen LogP contribution in [0, 0.1) is 11.8 Å². The summed E-state index contributed by atoms with van der Waals surface area (Å²) in [4.78, 5) is 11.3. The molecule has 0 saturated heterocycles. The Hall–Kier alpha value is -1.05. The van der Waals surface area contributed by atoms with Gasteiger partial charge in [0, 0.05) is 26.7 Å². The molecule has 4 nitrogen and oxygen atoms in total. The molecule has 0 saturated carbocycles. The molecule has 0 aromatic heterocycles. The summed E-state index contributed by atoms with van der Waals surface area (Å²) in [5, 5.41) is 2.70. The molecule has 0 rings (SSSR count). The van der Waals surface area contributed by atoms with E-state index >= 15 is 0 Å². The Kier molecular flexibility index (Phi) is 7.90. The maximum absolute atomic E-state index is 11.3. The van der Waals surface area contributed by atoms with Crippen LogP contribution in [-0.4, -0.2) is 32.2 Å². The van der Waals surface area contributed by atoms with E-state index in [9.17, 15) is 4.79 Å². The van der Waals surface area contributed by atoms with E-state index in [0.717, 1.165) is 0 Å². The first-order valence-electron chi connectivity index (χ1n) is 4.64. The Labute approximate surface area is 85.2 Å². The van der Waals surface area contributed by atoms with Crippen molar-refractivity contribution < 1.29 is 9.53 Å². The molecule has 4 heteroatoms. The number of methoxy groups -OCH3 is 1.